The Morgan fingerprint density at radius 3 is 1.92 bits per heavy atom. The fraction of sp³-hybridized carbons (Fsp3) is 0.429. The molecule has 4 atom stereocenters. The lowest BCUT2D eigenvalue weighted by atomic mass is 9.69. The van der Waals surface area contributed by atoms with E-state index in [9.17, 15) is 10.2 Å². The molecule has 0 aromatic heterocycles. The van der Waals surface area contributed by atoms with Gasteiger partial charge in [0, 0.05) is 17.9 Å². The lowest BCUT2D eigenvalue weighted by Crippen LogP contribution is -2.56. The van der Waals surface area contributed by atoms with Gasteiger partial charge >= 0.3 is 0 Å². The summed E-state index contributed by atoms with van der Waals surface area (Å²) in [4.78, 5) is 0. The first kappa shape index (κ1) is 17.2. The van der Waals surface area contributed by atoms with Crippen molar-refractivity contribution in [1.82, 2.24) is 0 Å². The van der Waals surface area contributed by atoms with Gasteiger partial charge in [-0.1, -0.05) is 81.4 Å². The Bertz CT molecular complexity index is 670. The highest BCUT2D eigenvalue weighted by atomic mass is 16.6. The second-order valence-electron chi connectivity index (χ2n) is 7.23. The van der Waals surface area contributed by atoms with Crippen molar-refractivity contribution >= 4 is 0 Å². The van der Waals surface area contributed by atoms with Gasteiger partial charge in [0.25, 0.3) is 0 Å². The summed E-state index contributed by atoms with van der Waals surface area (Å²) in [6.07, 6.45) is -0.146. The summed E-state index contributed by atoms with van der Waals surface area (Å²) in [5, 5.41) is 22.9. The maximum atomic E-state index is 11.6. The average molecular weight is 326 g/mol. The number of ether oxygens (including phenoxy) is 1. The van der Waals surface area contributed by atoms with Gasteiger partial charge in [-0.25, -0.2) is 0 Å². The maximum absolute atomic E-state index is 11.6. The predicted octanol–water partition coefficient (Wildman–Crippen LogP) is 3.80. The molecule has 2 N–H and O–H groups in total. The number of benzene rings is 2. The second kappa shape index (κ2) is 6.32. The van der Waals surface area contributed by atoms with Crippen LogP contribution in [0.3, 0.4) is 0 Å². The minimum absolute atomic E-state index is 0.110. The van der Waals surface area contributed by atoms with Crippen LogP contribution in [0.25, 0.3) is 0 Å². The van der Waals surface area contributed by atoms with Gasteiger partial charge in [-0.3, -0.25) is 0 Å². The standard InChI is InChI=1S/C21H26O3/c1-15(2)19-16(3)20(22,17-10-6-4-7-11-17)14-21(23,24-19)18-12-8-5-9-13-18/h4-13,15-16,19,22-23H,14H2,1-3H3/t16-,19-,20+,21-/m1/s1. The molecule has 3 heteroatoms. The molecule has 3 nitrogen and oxygen atoms in total. The monoisotopic (exact) mass is 326 g/mol. The van der Waals surface area contributed by atoms with Crippen LogP contribution in [0.15, 0.2) is 60.7 Å². The van der Waals surface area contributed by atoms with E-state index in [4.69, 9.17) is 4.74 Å². The van der Waals surface area contributed by atoms with Gasteiger partial charge in [-0.2, -0.15) is 0 Å². The van der Waals surface area contributed by atoms with Crippen LogP contribution in [0.4, 0.5) is 0 Å². The Kier molecular flexibility index (Phi) is 4.52. The van der Waals surface area contributed by atoms with Crippen molar-refractivity contribution in [3.63, 3.8) is 0 Å². The molecule has 0 bridgehead atoms. The Labute approximate surface area is 143 Å². The number of rotatable bonds is 3. The lowest BCUT2D eigenvalue weighted by Gasteiger charge is -2.51. The van der Waals surface area contributed by atoms with Gasteiger partial charge in [0.1, 0.15) is 5.60 Å². The van der Waals surface area contributed by atoms with Crippen LogP contribution in [-0.4, -0.2) is 16.3 Å². The largest absolute Gasteiger partial charge is 0.385 e. The average Bonchev–Trinajstić information content (AvgIpc) is 2.59. The normalized spacial score (nSPS) is 33.6. The fourth-order valence-electron chi connectivity index (χ4n) is 3.84. The zero-order chi connectivity index (χ0) is 17.4. The number of aliphatic hydroxyl groups is 2. The molecule has 1 aliphatic heterocycles. The highest BCUT2D eigenvalue weighted by Crippen LogP contribution is 2.50. The van der Waals surface area contributed by atoms with Gasteiger partial charge in [0.2, 0.25) is 0 Å². The Morgan fingerprint density at radius 2 is 1.42 bits per heavy atom. The third-order valence-corrected chi connectivity index (χ3v) is 5.24. The van der Waals surface area contributed by atoms with Crippen molar-refractivity contribution in [1.29, 1.82) is 0 Å². The summed E-state index contributed by atoms with van der Waals surface area (Å²) in [7, 11) is 0. The second-order valence-corrected chi connectivity index (χ2v) is 7.23. The first-order valence-electron chi connectivity index (χ1n) is 8.60. The van der Waals surface area contributed by atoms with Crippen molar-refractivity contribution in [2.45, 2.75) is 44.7 Å². The molecule has 0 spiro atoms. The Hall–Kier alpha value is -1.68. The van der Waals surface area contributed by atoms with Crippen molar-refractivity contribution < 1.29 is 14.9 Å². The van der Waals surface area contributed by atoms with Gasteiger partial charge in [0.05, 0.1) is 6.10 Å². The summed E-state index contributed by atoms with van der Waals surface area (Å²) in [5.74, 6) is -1.47. The lowest BCUT2D eigenvalue weighted by molar-refractivity contribution is -0.330. The van der Waals surface area contributed by atoms with E-state index in [1.165, 1.54) is 0 Å². The van der Waals surface area contributed by atoms with E-state index < -0.39 is 11.4 Å². The quantitative estimate of drug-likeness (QED) is 0.902. The smallest absolute Gasteiger partial charge is 0.195 e. The molecule has 1 fully saturated rings. The molecule has 0 amide bonds. The van der Waals surface area contributed by atoms with Crippen LogP contribution >= 0.6 is 0 Å². The first-order valence-corrected chi connectivity index (χ1v) is 8.60. The van der Waals surface area contributed by atoms with E-state index in [1.54, 1.807) is 0 Å². The first-order chi connectivity index (χ1) is 11.4. The van der Waals surface area contributed by atoms with Crippen LogP contribution in [-0.2, 0) is 16.1 Å². The molecular formula is C21H26O3. The molecule has 24 heavy (non-hydrogen) atoms. The molecule has 2 aromatic rings. The molecule has 0 unspecified atom stereocenters. The Balaban J connectivity index is 2.09. The third-order valence-electron chi connectivity index (χ3n) is 5.24. The van der Waals surface area contributed by atoms with Crippen molar-refractivity contribution in [2.24, 2.45) is 11.8 Å². The molecule has 1 heterocycles. The molecule has 1 aliphatic rings. The number of hydrogen-bond donors (Lipinski definition) is 2. The molecular weight excluding hydrogens is 300 g/mol. The maximum Gasteiger partial charge on any atom is 0.195 e. The van der Waals surface area contributed by atoms with Gasteiger partial charge in [-0.15, -0.1) is 0 Å². The van der Waals surface area contributed by atoms with E-state index in [2.05, 4.69) is 13.8 Å². The minimum Gasteiger partial charge on any atom is -0.385 e. The van der Waals surface area contributed by atoms with Crippen molar-refractivity contribution in [3.8, 4) is 0 Å². The molecule has 128 valence electrons. The van der Waals surface area contributed by atoms with E-state index in [1.807, 2.05) is 67.6 Å². The third kappa shape index (κ3) is 2.88. The summed E-state index contributed by atoms with van der Waals surface area (Å²) in [5.41, 5.74) is 0.344. The molecule has 1 saturated heterocycles. The zero-order valence-corrected chi connectivity index (χ0v) is 14.5. The van der Waals surface area contributed by atoms with Crippen molar-refractivity contribution in [2.75, 3.05) is 0 Å². The molecule has 0 aliphatic carbocycles. The van der Waals surface area contributed by atoms with Crippen LogP contribution < -0.4 is 0 Å². The molecule has 3 rings (SSSR count). The minimum atomic E-state index is -1.51. The van der Waals surface area contributed by atoms with Gasteiger partial charge in [0.15, 0.2) is 5.79 Å². The van der Waals surface area contributed by atoms with E-state index >= 15 is 0 Å². The summed E-state index contributed by atoms with van der Waals surface area (Å²) in [6.45, 7) is 6.12. The van der Waals surface area contributed by atoms with Crippen LogP contribution in [0, 0.1) is 11.8 Å². The zero-order valence-electron chi connectivity index (χ0n) is 14.5. The summed E-state index contributed by atoms with van der Waals surface area (Å²) in [6, 6.07) is 19.0. The van der Waals surface area contributed by atoms with Gasteiger partial charge < -0.3 is 14.9 Å². The highest BCUT2D eigenvalue weighted by Gasteiger charge is 2.54. The SMILES string of the molecule is CC(C)[C@H]1O[C@@](O)(c2ccccc2)C[C@@](O)(c2ccccc2)[C@@H]1C. The van der Waals surface area contributed by atoms with E-state index in [0.717, 1.165) is 5.56 Å². The van der Waals surface area contributed by atoms with Crippen LogP contribution in [0.1, 0.15) is 38.3 Å². The summed E-state index contributed by atoms with van der Waals surface area (Å²) < 4.78 is 6.15. The van der Waals surface area contributed by atoms with Gasteiger partial charge in [-0.05, 0) is 11.5 Å². The molecule has 0 radical (unpaired) electrons. The van der Waals surface area contributed by atoms with E-state index in [0.29, 0.717) is 5.56 Å². The van der Waals surface area contributed by atoms with E-state index in [-0.39, 0.29) is 24.4 Å². The topological polar surface area (TPSA) is 49.7 Å². The predicted molar refractivity (Wildman–Crippen MR) is 94.2 cm³/mol. The van der Waals surface area contributed by atoms with Crippen LogP contribution in [0.5, 0.6) is 0 Å². The molecule has 2 aromatic carbocycles. The molecule has 0 saturated carbocycles. The van der Waals surface area contributed by atoms with Crippen LogP contribution in [0.2, 0.25) is 0 Å². The Morgan fingerprint density at radius 1 is 0.917 bits per heavy atom. The fourth-order valence-corrected chi connectivity index (χ4v) is 3.84. The summed E-state index contributed by atoms with van der Waals surface area (Å²) >= 11 is 0. The van der Waals surface area contributed by atoms with Crippen molar-refractivity contribution in [3.05, 3.63) is 71.8 Å². The highest BCUT2D eigenvalue weighted by molar-refractivity contribution is 5.28. The number of hydrogen-bond acceptors (Lipinski definition) is 3.